The largest absolute Gasteiger partial charge is 0.324 e. The number of carbonyl (C=O) groups is 1. The maximum absolute atomic E-state index is 12.1. The Bertz CT molecular complexity index is 458. The molecule has 1 heterocycles. The molecule has 0 unspecified atom stereocenters. The molecular formula is C17H26N2O. The van der Waals surface area contributed by atoms with Crippen LogP contribution in [0.5, 0.6) is 0 Å². The van der Waals surface area contributed by atoms with Crippen LogP contribution in [0, 0.1) is 0 Å². The summed E-state index contributed by atoms with van der Waals surface area (Å²) < 4.78 is 0. The Balaban J connectivity index is 2.15. The maximum Gasteiger partial charge on any atom is 0.224 e. The summed E-state index contributed by atoms with van der Waals surface area (Å²) >= 11 is 0. The Morgan fingerprint density at radius 2 is 2.05 bits per heavy atom. The van der Waals surface area contributed by atoms with Crippen molar-refractivity contribution in [2.45, 2.75) is 64.5 Å². The van der Waals surface area contributed by atoms with Gasteiger partial charge in [-0.2, -0.15) is 0 Å². The van der Waals surface area contributed by atoms with Gasteiger partial charge in [0.05, 0.1) is 0 Å². The van der Waals surface area contributed by atoms with Crippen LogP contribution in [0.2, 0.25) is 0 Å². The fourth-order valence-corrected chi connectivity index (χ4v) is 3.22. The average molecular weight is 274 g/mol. The summed E-state index contributed by atoms with van der Waals surface area (Å²) in [5.41, 5.74) is 8.41. The van der Waals surface area contributed by atoms with E-state index >= 15 is 0 Å². The van der Waals surface area contributed by atoms with Gasteiger partial charge >= 0.3 is 0 Å². The lowest BCUT2D eigenvalue weighted by Gasteiger charge is -2.39. The van der Waals surface area contributed by atoms with Crippen LogP contribution in [-0.2, 0) is 4.79 Å². The number of para-hydroxylation sites is 1. The number of unbranched alkanes of at least 4 members (excludes halogenated alkanes) is 3. The van der Waals surface area contributed by atoms with E-state index in [4.69, 9.17) is 5.73 Å². The van der Waals surface area contributed by atoms with Crippen LogP contribution in [-0.4, -0.2) is 11.9 Å². The van der Waals surface area contributed by atoms with Gasteiger partial charge in [0.25, 0.3) is 0 Å². The highest BCUT2D eigenvalue weighted by molar-refractivity contribution is 5.93. The molecule has 2 N–H and O–H groups in total. The Morgan fingerprint density at radius 3 is 2.75 bits per heavy atom. The van der Waals surface area contributed by atoms with Crippen molar-refractivity contribution in [2.24, 2.45) is 5.73 Å². The number of nitrogens with two attached hydrogens (primary N) is 1. The van der Waals surface area contributed by atoms with Crippen LogP contribution in [0.3, 0.4) is 0 Å². The fraction of sp³-hybridized carbons (Fsp3) is 0.588. The van der Waals surface area contributed by atoms with E-state index in [9.17, 15) is 4.79 Å². The predicted octanol–water partition coefficient (Wildman–Crippen LogP) is 3.78. The van der Waals surface area contributed by atoms with Crippen LogP contribution in [0.1, 0.15) is 64.0 Å². The van der Waals surface area contributed by atoms with Crippen LogP contribution in [0.15, 0.2) is 24.3 Å². The minimum atomic E-state index is 0.0537. The predicted molar refractivity (Wildman–Crippen MR) is 83.7 cm³/mol. The number of nitrogens with zero attached hydrogens (tertiary/aromatic N) is 1. The lowest BCUT2D eigenvalue weighted by molar-refractivity contribution is -0.117. The highest BCUT2D eigenvalue weighted by atomic mass is 16.2. The fourth-order valence-electron chi connectivity index (χ4n) is 3.22. The zero-order valence-corrected chi connectivity index (χ0v) is 12.6. The summed E-state index contributed by atoms with van der Waals surface area (Å²) in [6.07, 6.45) is 6.87. The van der Waals surface area contributed by atoms with Crippen LogP contribution >= 0.6 is 0 Å². The van der Waals surface area contributed by atoms with Gasteiger partial charge in [0, 0.05) is 24.7 Å². The number of benzene rings is 1. The molecular weight excluding hydrogens is 248 g/mol. The van der Waals surface area contributed by atoms with Gasteiger partial charge in [-0.25, -0.2) is 0 Å². The third kappa shape index (κ3) is 3.21. The molecule has 2 rings (SSSR count). The third-order valence-electron chi connectivity index (χ3n) is 4.22. The molecule has 0 aromatic heterocycles. The van der Waals surface area contributed by atoms with Gasteiger partial charge in [0.2, 0.25) is 5.91 Å². The zero-order chi connectivity index (χ0) is 14.5. The van der Waals surface area contributed by atoms with Gasteiger partial charge in [0.15, 0.2) is 0 Å². The molecule has 0 saturated heterocycles. The summed E-state index contributed by atoms with van der Waals surface area (Å²) in [6.45, 7) is 3.88. The third-order valence-corrected chi connectivity index (χ3v) is 4.22. The Kier molecular flexibility index (Phi) is 5.18. The molecule has 3 nitrogen and oxygen atoms in total. The van der Waals surface area contributed by atoms with Crippen molar-refractivity contribution in [3.8, 4) is 0 Å². The molecule has 2 atom stereocenters. The summed E-state index contributed by atoms with van der Waals surface area (Å²) in [5, 5.41) is 0. The first-order valence-electron chi connectivity index (χ1n) is 7.79. The number of amides is 1. The smallest absolute Gasteiger partial charge is 0.224 e. The van der Waals surface area contributed by atoms with Gasteiger partial charge in [-0.1, -0.05) is 50.8 Å². The summed E-state index contributed by atoms with van der Waals surface area (Å²) in [6, 6.07) is 8.37. The second kappa shape index (κ2) is 6.89. The Labute approximate surface area is 122 Å². The first kappa shape index (κ1) is 15.0. The number of carbonyl (C=O) groups excluding carboxylic acids is 1. The molecule has 3 heteroatoms. The quantitative estimate of drug-likeness (QED) is 0.830. The molecule has 0 aliphatic carbocycles. The number of hydrogen-bond donors (Lipinski definition) is 1. The summed E-state index contributed by atoms with van der Waals surface area (Å²) in [5.74, 6) is 0.129. The lowest BCUT2D eigenvalue weighted by Crippen LogP contribution is -2.45. The van der Waals surface area contributed by atoms with Crippen molar-refractivity contribution in [3.63, 3.8) is 0 Å². The van der Waals surface area contributed by atoms with E-state index in [0.29, 0.717) is 0 Å². The zero-order valence-electron chi connectivity index (χ0n) is 12.6. The van der Waals surface area contributed by atoms with Crippen molar-refractivity contribution >= 4 is 11.6 Å². The first-order chi connectivity index (χ1) is 9.65. The van der Waals surface area contributed by atoms with E-state index in [-0.39, 0.29) is 18.0 Å². The maximum atomic E-state index is 12.1. The van der Waals surface area contributed by atoms with Crippen molar-refractivity contribution in [3.05, 3.63) is 29.8 Å². The van der Waals surface area contributed by atoms with Crippen LogP contribution in [0.4, 0.5) is 5.69 Å². The van der Waals surface area contributed by atoms with E-state index in [2.05, 4.69) is 6.92 Å². The molecule has 0 saturated carbocycles. The molecule has 1 amide bonds. The molecule has 1 aromatic rings. The van der Waals surface area contributed by atoms with E-state index in [1.165, 1.54) is 25.7 Å². The monoisotopic (exact) mass is 274 g/mol. The highest BCUT2D eigenvalue weighted by Gasteiger charge is 2.32. The van der Waals surface area contributed by atoms with Crippen molar-refractivity contribution < 1.29 is 4.79 Å². The van der Waals surface area contributed by atoms with E-state index < -0.39 is 0 Å². The van der Waals surface area contributed by atoms with E-state index in [1.807, 2.05) is 29.2 Å². The first-order valence-corrected chi connectivity index (χ1v) is 7.79. The SMILES string of the molecule is CCCCCC[C@@H]1C[C@@H](N)c2ccccc2N1C(C)=O. The molecule has 0 radical (unpaired) electrons. The van der Waals surface area contributed by atoms with Gasteiger partial charge < -0.3 is 10.6 Å². The topological polar surface area (TPSA) is 46.3 Å². The molecule has 1 aromatic carbocycles. The minimum Gasteiger partial charge on any atom is -0.324 e. The second-order valence-corrected chi connectivity index (χ2v) is 5.79. The molecule has 110 valence electrons. The summed E-state index contributed by atoms with van der Waals surface area (Å²) in [4.78, 5) is 14.0. The van der Waals surface area contributed by atoms with Gasteiger partial charge in [-0.3, -0.25) is 4.79 Å². The number of fused-ring (bicyclic) bond motifs is 1. The van der Waals surface area contributed by atoms with Crippen molar-refractivity contribution in [1.82, 2.24) is 0 Å². The molecule has 0 spiro atoms. The normalized spacial score (nSPS) is 21.6. The standard InChI is InChI=1S/C17H26N2O/c1-3-4-5-6-9-14-12-16(18)15-10-7-8-11-17(15)19(14)13(2)20/h7-8,10-11,14,16H,3-6,9,12,18H2,1-2H3/t14-,16-/m1/s1. The van der Waals surface area contributed by atoms with Gasteiger partial charge in [-0.15, -0.1) is 0 Å². The molecule has 1 aliphatic heterocycles. The lowest BCUT2D eigenvalue weighted by atomic mass is 9.89. The van der Waals surface area contributed by atoms with E-state index in [0.717, 1.165) is 24.1 Å². The van der Waals surface area contributed by atoms with Gasteiger partial charge in [-0.05, 0) is 24.5 Å². The highest BCUT2D eigenvalue weighted by Crippen LogP contribution is 2.37. The average Bonchev–Trinajstić information content (AvgIpc) is 2.43. The minimum absolute atomic E-state index is 0.0537. The molecule has 20 heavy (non-hydrogen) atoms. The Hall–Kier alpha value is -1.35. The molecule has 0 fully saturated rings. The second-order valence-electron chi connectivity index (χ2n) is 5.79. The molecule has 0 bridgehead atoms. The number of hydrogen-bond acceptors (Lipinski definition) is 2. The van der Waals surface area contributed by atoms with Crippen LogP contribution in [0.25, 0.3) is 0 Å². The van der Waals surface area contributed by atoms with Crippen LogP contribution < -0.4 is 10.6 Å². The Morgan fingerprint density at radius 1 is 1.30 bits per heavy atom. The molecule has 1 aliphatic rings. The van der Waals surface area contributed by atoms with E-state index in [1.54, 1.807) is 6.92 Å². The van der Waals surface area contributed by atoms with Crippen molar-refractivity contribution in [2.75, 3.05) is 4.90 Å². The van der Waals surface area contributed by atoms with Gasteiger partial charge in [0.1, 0.15) is 0 Å². The van der Waals surface area contributed by atoms with Crippen molar-refractivity contribution in [1.29, 1.82) is 0 Å². The number of rotatable bonds is 5. The summed E-state index contributed by atoms with van der Waals surface area (Å²) in [7, 11) is 0. The number of anilines is 1.